The molecule has 0 bridgehead atoms. The van der Waals surface area contributed by atoms with Gasteiger partial charge in [0.25, 0.3) is 0 Å². The van der Waals surface area contributed by atoms with Crippen molar-refractivity contribution in [3.8, 4) is 5.75 Å². The zero-order valence-corrected chi connectivity index (χ0v) is 18.2. The number of hydrogen-bond acceptors (Lipinski definition) is 4. The Balaban J connectivity index is 1.39. The fourth-order valence-corrected chi connectivity index (χ4v) is 4.47. The van der Waals surface area contributed by atoms with Crippen molar-refractivity contribution in [2.45, 2.75) is 44.6 Å². The highest BCUT2D eigenvalue weighted by molar-refractivity contribution is 6.35. The van der Waals surface area contributed by atoms with Crippen molar-refractivity contribution in [1.82, 2.24) is 10.2 Å². The Bertz CT molecular complexity index is 983. The molecule has 1 aliphatic carbocycles. The lowest BCUT2D eigenvalue weighted by Crippen LogP contribution is -2.52. The summed E-state index contributed by atoms with van der Waals surface area (Å²) in [6.45, 7) is 5.70. The quantitative estimate of drug-likeness (QED) is 0.742. The van der Waals surface area contributed by atoms with Gasteiger partial charge in [-0.05, 0) is 61.1 Å². The molecule has 1 saturated heterocycles. The Labute approximate surface area is 183 Å². The topological polar surface area (TPSA) is 78.9 Å². The molecule has 1 aliphatic heterocycles. The van der Waals surface area contributed by atoms with E-state index in [4.69, 9.17) is 4.74 Å². The van der Waals surface area contributed by atoms with Gasteiger partial charge in [0, 0.05) is 18.5 Å². The number of nitrogens with one attached hydrogen (secondary N) is 1. The van der Waals surface area contributed by atoms with Gasteiger partial charge in [-0.1, -0.05) is 36.8 Å². The average Bonchev–Trinajstić information content (AvgIpc) is 2.74. The van der Waals surface area contributed by atoms with Gasteiger partial charge in [-0.2, -0.15) is 0 Å². The lowest BCUT2D eigenvalue weighted by molar-refractivity contribution is -0.151. The predicted molar refractivity (Wildman–Crippen MR) is 118 cm³/mol. The maximum Gasteiger partial charge on any atom is 0.312 e. The molecule has 1 atom stereocenters. The Morgan fingerprint density at radius 2 is 1.97 bits per heavy atom. The lowest BCUT2D eigenvalue weighted by atomic mass is 9.64. The van der Waals surface area contributed by atoms with Crippen molar-refractivity contribution in [1.29, 1.82) is 0 Å². The number of amides is 2. The molecule has 6 heteroatoms. The van der Waals surface area contributed by atoms with Gasteiger partial charge in [0.1, 0.15) is 11.9 Å². The second-order valence-electron chi connectivity index (χ2n) is 8.82. The molecule has 6 nitrogen and oxygen atoms in total. The number of rotatable bonds is 4. The molecular weight excluding hydrogens is 392 g/mol. The minimum Gasteiger partial charge on any atom is -0.508 e. The van der Waals surface area contributed by atoms with Crippen molar-refractivity contribution in [2.75, 3.05) is 26.2 Å². The van der Waals surface area contributed by atoms with E-state index < -0.39 is 11.8 Å². The molecule has 4 rings (SSSR count). The van der Waals surface area contributed by atoms with Crippen molar-refractivity contribution >= 4 is 11.8 Å². The number of morpholine rings is 1. The van der Waals surface area contributed by atoms with Gasteiger partial charge in [-0.25, -0.2) is 0 Å². The van der Waals surface area contributed by atoms with Gasteiger partial charge >= 0.3 is 11.8 Å². The number of hydrogen-bond donors (Lipinski definition) is 2. The molecule has 2 N–H and O–H groups in total. The number of carbonyl (C=O) groups is 2. The second-order valence-corrected chi connectivity index (χ2v) is 8.82. The molecule has 2 aliphatic rings. The van der Waals surface area contributed by atoms with E-state index in [1.165, 1.54) is 21.6 Å². The molecule has 1 unspecified atom stereocenters. The maximum atomic E-state index is 12.8. The Kier molecular flexibility index (Phi) is 6.01. The van der Waals surface area contributed by atoms with Crippen LogP contribution in [0, 0.1) is 13.8 Å². The first-order chi connectivity index (χ1) is 14.9. The van der Waals surface area contributed by atoms with Crippen LogP contribution in [0.25, 0.3) is 0 Å². The van der Waals surface area contributed by atoms with Crippen LogP contribution in [0.4, 0.5) is 0 Å². The van der Waals surface area contributed by atoms with Gasteiger partial charge in [-0.15, -0.1) is 0 Å². The van der Waals surface area contributed by atoms with Gasteiger partial charge in [-0.3, -0.25) is 9.59 Å². The monoisotopic (exact) mass is 422 g/mol. The number of phenols is 1. The van der Waals surface area contributed by atoms with Gasteiger partial charge in [0.2, 0.25) is 0 Å². The van der Waals surface area contributed by atoms with Crippen molar-refractivity contribution in [2.24, 2.45) is 0 Å². The van der Waals surface area contributed by atoms with E-state index in [0.29, 0.717) is 19.7 Å². The SMILES string of the molecule is Cc1ccc(C2(CNC(=O)C(=O)N3CCOC(c4cccc(O)c4)C3)CCC2)cc1C. The zero-order chi connectivity index (χ0) is 22.0. The fourth-order valence-electron chi connectivity index (χ4n) is 4.47. The molecule has 2 fully saturated rings. The zero-order valence-electron chi connectivity index (χ0n) is 18.2. The second kappa shape index (κ2) is 8.71. The number of aryl methyl sites for hydroxylation is 2. The normalized spacial score (nSPS) is 20.1. The van der Waals surface area contributed by atoms with Crippen molar-refractivity contribution < 1.29 is 19.4 Å². The van der Waals surface area contributed by atoms with Crippen LogP contribution in [-0.4, -0.2) is 48.1 Å². The smallest absolute Gasteiger partial charge is 0.312 e. The van der Waals surface area contributed by atoms with E-state index in [9.17, 15) is 14.7 Å². The number of carbonyl (C=O) groups excluding carboxylic acids is 2. The fraction of sp³-hybridized carbons (Fsp3) is 0.440. The van der Waals surface area contributed by atoms with Crippen LogP contribution in [-0.2, 0) is 19.7 Å². The van der Waals surface area contributed by atoms with Crippen molar-refractivity contribution in [3.63, 3.8) is 0 Å². The number of ether oxygens (including phenoxy) is 1. The van der Waals surface area contributed by atoms with Gasteiger partial charge in [0.05, 0.1) is 13.2 Å². The van der Waals surface area contributed by atoms with E-state index in [1.54, 1.807) is 18.2 Å². The first-order valence-corrected chi connectivity index (χ1v) is 10.9. The summed E-state index contributed by atoms with van der Waals surface area (Å²) in [6, 6.07) is 13.3. The molecule has 31 heavy (non-hydrogen) atoms. The molecule has 0 spiro atoms. The summed E-state index contributed by atoms with van der Waals surface area (Å²) in [5, 5.41) is 12.6. The van der Waals surface area contributed by atoms with Gasteiger partial charge < -0.3 is 20.1 Å². The third-order valence-corrected chi connectivity index (χ3v) is 6.81. The van der Waals surface area contributed by atoms with Gasteiger partial charge in [0.15, 0.2) is 0 Å². The summed E-state index contributed by atoms with van der Waals surface area (Å²) in [5.74, 6) is -0.936. The Hall–Kier alpha value is -2.86. The third-order valence-electron chi connectivity index (χ3n) is 6.81. The molecule has 0 radical (unpaired) electrons. The van der Waals surface area contributed by atoms with Crippen LogP contribution in [0.1, 0.15) is 47.6 Å². The summed E-state index contributed by atoms with van der Waals surface area (Å²) in [7, 11) is 0. The maximum absolute atomic E-state index is 12.8. The molecule has 1 saturated carbocycles. The molecule has 1 heterocycles. The highest BCUT2D eigenvalue weighted by Gasteiger charge is 2.40. The molecule has 164 valence electrons. The minimum absolute atomic E-state index is 0.0799. The third kappa shape index (κ3) is 4.44. The largest absolute Gasteiger partial charge is 0.508 e. The minimum atomic E-state index is -0.563. The van der Waals surface area contributed by atoms with Crippen LogP contribution in [0.5, 0.6) is 5.75 Å². The summed E-state index contributed by atoms with van der Waals surface area (Å²) < 4.78 is 5.76. The Morgan fingerprint density at radius 1 is 1.16 bits per heavy atom. The molecule has 2 amide bonds. The van der Waals surface area contributed by atoms with Crippen LogP contribution < -0.4 is 5.32 Å². The summed E-state index contributed by atoms with van der Waals surface area (Å²) in [6.07, 6.45) is 2.81. The Morgan fingerprint density at radius 3 is 2.65 bits per heavy atom. The average molecular weight is 423 g/mol. The summed E-state index contributed by atoms with van der Waals surface area (Å²) in [5.41, 5.74) is 4.46. The number of nitrogens with zero attached hydrogens (tertiary/aromatic N) is 1. The van der Waals surface area contributed by atoms with Crippen LogP contribution in [0.3, 0.4) is 0 Å². The highest BCUT2D eigenvalue weighted by atomic mass is 16.5. The first-order valence-electron chi connectivity index (χ1n) is 10.9. The van der Waals surface area contributed by atoms with E-state index in [0.717, 1.165) is 24.8 Å². The van der Waals surface area contributed by atoms with Crippen LogP contribution >= 0.6 is 0 Å². The molecule has 2 aromatic carbocycles. The lowest BCUT2D eigenvalue weighted by Gasteiger charge is -2.43. The summed E-state index contributed by atoms with van der Waals surface area (Å²) in [4.78, 5) is 27.0. The highest BCUT2D eigenvalue weighted by Crippen LogP contribution is 2.43. The molecule has 0 aromatic heterocycles. The van der Waals surface area contributed by atoms with E-state index in [1.807, 2.05) is 6.07 Å². The van der Waals surface area contributed by atoms with E-state index in [2.05, 4.69) is 37.4 Å². The molecular formula is C25H30N2O4. The van der Waals surface area contributed by atoms with Crippen molar-refractivity contribution in [3.05, 3.63) is 64.7 Å². The summed E-state index contributed by atoms with van der Waals surface area (Å²) >= 11 is 0. The first kappa shape index (κ1) is 21.4. The van der Waals surface area contributed by atoms with Crippen LogP contribution in [0.15, 0.2) is 42.5 Å². The predicted octanol–water partition coefficient (Wildman–Crippen LogP) is 3.15. The van der Waals surface area contributed by atoms with E-state index in [-0.39, 0.29) is 23.8 Å². The standard InChI is InChI=1S/C25H30N2O4/c1-17-7-8-20(13-18(17)2)25(9-4-10-25)16-26-23(29)24(30)27-11-12-31-22(15-27)19-5-3-6-21(28)14-19/h3,5-8,13-14,22,28H,4,9-12,15-16H2,1-2H3,(H,26,29). The molecule has 2 aromatic rings. The number of aromatic hydroxyl groups is 1. The number of benzene rings is 2. The van der Waals surface area contributed by atoms with E-state index >= 15 is 0 Å². The van der Waals surface area contributed by atoms with Crippen LogP contribution in [0.2, 0.25) is 0 Å². The number of phenolic OH excluding ortho intramolecular Hbond substituents is 1.